The number of carbonyl (C=O) groups excluding carboxylic acids is 1. The number of nitriles is 1. The van der Waals surface area contributed by atoms with E-state index in [1.54, 1.807) is 0 Å². The smallest absolute Gasteiger partial charge is 0.237 e. The third kappa shape index (κ3) is 3.41. The zero-order valence-electron chi connectivity index (χ0n) is 11.7. The molecule has 5 nitrogen and oxygen atoms in total. The molecule has 0 saturated carbocycles. The molecule has 5 heteroatoms. The lowest BCUT2D eigenvalue weighted by molar-refractivity contribution is -0.123. The van der Waals surface area contributed by atoms with Crippen LogP contribution in [-0.2, 0) is 11.2 Å². The standard InChI is InChI=1S/C15H18N2O3/c1-10(2)17-15(18)12(9-16)7-11-3-4-13-14(8-11)20-6-5-19-13/h3-4,8,10,12H,5-7H2,1-2H3,(H,17,18). The second-order valence-electron chi connectivity index (χ2n) is 5.03. The second kappa shape index (κ2) is 6.29. The van der Waals surface area contributed by atoms with Gasteiger partial charge >= 0.3 is 0 Å². The van der Waals surface area contributed by atoms with Crippen LogP contribution in [0, 0.1) is 17.2 Å². The molecule has 0 radical (unpaired) electrons. The van der Waals surface area contributed by atoms with Gasteiger partial charge in [-0.1, -0.05) is 6.07 Å². The fourth-order valence-electron chi connectivity index (χ4n) is 2.03. The maximum Gasteiger partial charge on any atom is 0.237 e. The van der Waals surface area contributed by atoms with Gasteiger partial charge in [-0.2, -0.15) is 5.26 Å². The van der Waals surface area contributed by atoms with E-state index in [2.05, 4.69) is 11.4 Å². The molecule has 0 saturated heterocycles. The largest absolute Gasteiger partial charge is 0.486 e. The fraction of sp³-hybridized carbons (Fsp3) is 0.467. The number of amides is 1. The number of hydrogen-bond acceptors (Lipinski definition) is 4. The zero-order valence-corrected chi connectivity index (χ0v) is 11.7. The normalized spacial score (nSPS) is 14.5. The van der Waals surface area contributed by atoms with E-state index in [1.807, 2.05) is 32.0 Å². The molecule has 106 valence electrons. The summed E-state index contributed by atoms with van der Waals surface area (Å²) in [5.41, 5.74) is 0.889. The van der Waals surface area contributed by atoms with Gasteiger partial charge in [0.1, 0.15) is 19.1 Å². The zero-order chi connectivity index (χ0) is 14.5. The van der Waals surface area contributed by atoms with Crippen molar-refractivity contribution in [2.75, 3.05) is 13.2 Å². The minimum atomic E-state index is -0.694. The minimum absolute atomic E-state index is 0.0265. The Morgan fingerprint density at radius 2 is 2.05 bits per heavy atom. The van der Waals surface area contributed by atoms with Gasteiger partial charge in [-0.25, -0.2) is 0 Å². The molecule has 0 fully saturated rings. The third-order valence-corrected chi connectivity index (χ3v) is 2.95. The van der Waals surface area contributed by atoms with E-state index in [0.29, 0.717) is 31.1 Å². The van der Waals surface area contributed by atoms with Gasteiger partial charge in [0.2, 0.25) is 5.91 Å². The number of rotatable bonds is 4. The van der Waals surface area contributed by atoms with Crippen LogP contribution in [0.25, 0.3) is 0 Å². The summed E-state index contributed by atoms with van der Waals surface area (Å²) < 4.78 is 10.9. The van der Waals surface area contributed by atoms with E-state index < -0.39 is 5.92 Å². The molecule has 20 heavy (non-hydrogen) atoms. The van der Waals surface area contributed by atoms with Crippen LogP contribution in [0.2, 0.25) is 0 Å². The summed E-state index contributed by atoms with van der Waals surface area (Å²) in [6, 6.07) is 7.59. The summed E-state index contributed by atoms with van der Waals surface area (Å²) in [5, 5.41) is 11.9. The Balaban J connectivity index is 2.08. The molecule has 1 aliphatic heterocycles. The van der Waals surface area contributed by atoms with Crippen LogP contribution in [0.5, 0.6) is 11.5 Å². The number of nitrogens with one attached hydrogen (secondary N) is 1. The third-order valence-electron chi connectivity index (χ3n) is 2.95. The summed E-state index contributed by atoms with van der Waals surface area (Å²) >= 11 is 0. The summed E-state index contributed by atoms with van der Waals surface area (Å²) in [4.78, 5) is 11.9. The summed E-state index contributed by atoms with van der Waals surface area (Å²) in [6.45, 7) is 4.81. The quantitative estimate of drug-likeness (QED) is 0.906. The Labute approximate surface area is 118 Å². The number of ether oxygens (including phenoxy) is 2. The molecule has 1 aromatic rings. The maximum absolute atomic E-state index is 11.9. The highest BCUT2D eigenvalue weighted by Crippen LogP contribution is 2.31. The van der Waals surface area contributed by atoms with Gasteiger partial charge in [-0.3, -0.25) is 4.79 Å². The number of nitrogens with zero attached hydrogens (tertiary/aromatic N) is 1. The predicted molar refractivity (Wildman–Crippen MR) is 73.5 cm³/mol. The minimum Gasteiger partial charge on any atom is -0.486 e. The first-order valence-electron chi connectivity index (χ1n) is 6.68. The topological polar surface area (TPSA) is 71.4 Å². The monoisotopic (exact) mass is 274 g/mol. The van der Waals surface area contributed by atoms with Gasteiger partial charge in [0.05, 0.1) is 6.07 Å². The van der Waals surface area contributed by atoms with Crippen molar-refractivity contribution >= 4 is 5.91 Å². The first kappa shape index (κ1) is 14.2. The lowest BCUT2D eigenvalue weighted by atomic mass is 9.99. The predicted octanol–water partition coefficient (Wildman–Crippen LogP) is 1.66. The molecule has 1 amide bonds. The number of hydrogen-bond donors (Lipinski definition) is 1. The molecule has 1 N–H and O–H groups in total. The van der Waals surface area contributed by atoms with Gasteiger partial charge in [0.15, 0.2) is 11.5 Å². The molecule has 0 aliphatic carbocycles. The summed E-state index contributed by atoms with van der Waals surface area (Å²) in [6.07, 6.45) is 0.367. The van der Waals surface area contributed by atoms with Gasteiger partial charge < -0.3 is 14.8 Å². The average Bonchev–Trinajstić information content (AvgIpc) is 2.43. The van der Waals surface area contributed by atoms with Crippen LogP contribution in [0.1, 0.15) is 19.4 Å². The van der Waals surface area contributed by atoms with Crippen LogP contribution >= 0.6 is 0 Å². The molecule has 1 aromatic carbocycles. The molecular weight excluding hydrogens is 256 g/mol. The van der Waals surface area contributed by atoms with Gasteiger partial charge in [-0.15, -0.1) is 0 Å². The second-order valence-corrected chi connectivity index (χ2v) is 5.03. The van der Waals surface area contributed by atoms with Crippen LogP contribution in [-0.4, -0.2) is 25.2 Å². The number of carbonyl (C=O) groups is 1. The molecule has 1 aliphatic rings. The van der Waals surface area contributed by atoms with Gasteiger partial charge in [0.25, 0.3) is 0 Å². The van der Waals surface area contributed by atoms with Gasteiger partial charge in [-0.05, 0) is 38.0 Å². The lowest BCUT2D eigenvalue weighted by Gasteiger charge is -2.19. The molecule has 1 unspecified atom stereocenters. The van der Waals surface area contributed by atoms with Crippen molar-refractivity contribution in [1.29, 1.82) is 5.26 Å². The average molecular weight is 274 g/mol. The van der Waals surface area contributed by atoms with Crippen molar-refractivity contribution < 1.29 is 14.3 Å². The van der Waals surface area contributed by atoms with Crippen molar-refractivity contribution in [3.05, 3.63) is 23.8 Å². The Bertz CT molecular complexity index is 534. The summed E-state index contributed by atoms with van der Waals surface area (Å²) in [5.74, 6) is 0.451. The molecule has 0 spiro atoms. The fourth-order valence-corrected chi connectivity index (χ4v) is 2.03. The van der Waals surface area contributed by atoms with Gasteiger partial charge in [0, 0.05) is 6.04 Å². The van der Waals surface area contributed by atoms with Crippen LogP contribution < -0.4 is 14.8 Å². The highest BCUT2D eigenvalue weighted by atomic mass is 16.6. The lowest BCUT2D eigenvalue weighted by Crippen LogP contribution is -2.35. The Morgan fingerprint density at radius 3 is 2.70 bits per heavy atom. The Hall–Kier alpha value is -2.22. The van der Waals surface area contributed by atoms with E-state index in [-0.39, 0.29) is 11.9 Å². The molecule has 1 heterocycles. The van der Waals surface area contributed by atoms with E-state index in [1.165, 1.54) is 0 Å². The first-order chi connectivity index (χ1) is 9.60. The van der Waals surface area contributed by atoms with Crippen molar-refractivity contribution in [2.45, 2.75) is 26.3 Å². The van der Waals surface area contributed by atoms with Crippen LogP contribution in [0.4, 0.5) is 0 Å². The SMILES string of the molecule is CC(C)NC(=O)C(C#N)Cc1ccc2c(c1)OCCO2. The Kier molecular flexibility index (Phi) is 4.46. The molecular formula is C15H18N2O3. The molecule has 0 aromatic heterocycles. The highest BCUT2D eigenvalue weighted by Gasteiger charge is 2.20. The van der Waals surface area contributed by atoms with Crippen molar-refractivity contribution in [3.63, 3.8) is 0 Å². The number of fused-ring (bicyclic) bond motifs is 1. The molecule has 2 rings (SSSR count). The van der Waals surface area contributed by atoms with Crippen LogP contribution in [0.15, 0.2) is 18.2 Å². The van der Waals surface area contributed by atoms with E-state index in [0.717, 1.165) is 5.56 Å². The van der Waals surface area contributed by atoms with E-state index in [4.69, 9.17) is 14.7 Å². The number of benzene rings is 1. The Morgan fingerprint density at radius 1 is 1.35 bits per heavy atom. The first-order valence-corrected chi connectivity index (χ1v) is 6.68. The van der Waals surface area contributed by atoms with Crippen molar-refractivity contribution in [1.82, 2.24) is 5.32 Å². The van der Waals surface area contributed by atoms with Crippen molar-refractivity contribution in [2.24, 2.45) is 5.92 Å². The van der Waals surface area contributed by atoms with E-state index in [9.17, 15) is 4.79 Å². The maximum atomic E-state index is 11.9. The van der Waals surface area contributed by atoms with Crippen LogP contribution in [0.3, 0.4) is 0 Å². The van der Waals surface area contributed by atoms with E-state index >= 15 is 0 Å². The molecule has 0 bridgehead atoms. The van der Waals surface area contributed by atoms with Crippen molar-refractivity contribution in [3.8, 4) is 17.6 Å². The molecule has 1 atom stereocenters. The highest BCUT2D eigenvalue weighted by molar-refractivity contribution is 5.81. The summed E-state index contributed by atoms with van der Waals surface area (Å²) in [7, 11) is 0.